The quantitative estimate of drug-likeness (QED) is 0.773. The van der Waals surface area contributed by atoms with Gasteiger partial charge in [-0.1, -0.05) is 6.07 Å². The molecule has 0 fully saturated rings. The fourth-order valence-electron chi connectivity index (χ4n) is 3.21. The summed E-state index contributed by atoms with van der Waals surface area (Å²) in [6.45, 7) is 4.14. The fraction of sp³-hybridized carbons (Fsp3) is 0.333. The summed E-state index contributed by atoms with van der Waals surface area (Å²) in [6.07, 6.45) is 0.297. The minimum absolute atomic E-state index is 0.0792. The maximum absolute atomic E-state index is 12.7. The third-order valence-corrected chi connectivity index (χ3v) is 4.64. The molecule has 0 aromatic heterocycles. The van der Waals surface area contributed by atoms with Gasteiger partial charge in [-0.05, 0) is 55.8 Å². The number of carbonyl (C=O) groups excluding carboxylic acids is 1. The van der Waals surface area contributed by atoms with Gasteiger partial charge >= 0.3 is 0 Å². The van der Waals surface area contributed by atoms with Crippen molar-refractivity contribution in [3.63, 3.8) is 0 Å². The Bertz CT molecular complexity index is 833. The molecule has 0 unspecified atom stereocenters. The second kappa shape index (κ2) is 6.36. The highest BCUT2D eigenvalue weighted by Crippen LogP contribution is 2.37. The minimum Gasteiger partial charge on any atom is -0.497 e. The van der Waals surface area contributed by atoms with E-state index in [9.17, 15) is 4.79 Å². The van der Waals surface area contributed by atoms with Crippen molar-refractivity contribution >= 4 is 17.2 Å². The number of rotatable bonds is 5. The summed E-state index contributed by atoms with van der Waals surface area (Å²) in [5, 5.41) is 0. The van der Waals surface area contributed by atoms with Crippen LogP contribution in [0.3, 0.4) is 0 Å². The van der Waals surface area contributed by atoms with Crippen LogP contribution in [-0.4, -0.2) is 32.7 Å². The third-order valence-electron chi connectivity index (χ3n) is 4.64. The molecule has 1 heterocycles. The number of methoxy groups -OCH3 is 1. The van der Waals surface area contributed by atoms with Gasteiger partial charge in [-0.25, -0.2) is 0 Å². The van der Waals surface area contributed by atoms with Crippen molar-refractivity contribution in [1.82, 2.24) is 0 Å². The summed E-state index contributed by atoms with van der Waals surface area (Å²) in [4.78, 5) is 19.6. The SMILES string of the molecule is COc1ccc2c(c1)C(CC(=O)c1ccc(N(C)C)cc1)=NC2(C)C. The van der Waals surface area contributed by atoms with Crippen LogP contribution in [0.5, 0.6) is 5.75 Å². The van der Waals surface area contributed by atoms with E-state index in [1.54, 1.807) is 7.11 Å². The molecule has 0 saturated heterocycles. The highest BCUT2D eigenvalue weighted by Gasteiger charge is 2.32. The number of fused-ring (bicyclic) bond motifs is 1. The molecule has 0 saturated carbocycles. The average molecular weight is 336 g/mol. The van der Waals surface area contributed by atoms with Crippen LogP contribution in [0.4, 0.5) is 5.69 Å². The molecule has 1 aliphatic rings. The molecule has 25 heavy (non-hydrogen) atoms. The summed E-state index contributed by atoms with van der Waals surface area (Å²) in [5.74, 6) is 0.863. The molecular weight excluding hydrogens is 312 g/mol. The third kappa shape index (κ3) is 3.29. The molecule has 4 nitrogen and oxygen atoms in total. The largest absolute Gasteiger partial charge is 0.497 e. The molecule has 3 rings (SSSR count). The summed E-state index contributed by atoms with van der Waals surface area (Å²) < 4.78 is 5.34. The van der Waals surface area contributed by atoms with Crippen molar-refractivity contribution in [2.45, 2.75) is 25.8 Å². The van der Waals surface area contributed by atoms with Crippen molar-refractivity contribution in [1.29, 1.82) is 0 Å². The number of hydrogen-bond acceptors (Lipinski definition) is 4. The zero-order chi connectivity index (χ0) is 18.2. The van der Waals surface area contributed by atoms with E-state index in [-0.39, 0.29) is 11.3 Å². The first-order chi connectivity index (χ1) is 11.8. The Morgan fingerprint density at radius 3 is 2.40 bits per heavy atom. The van der Waals surface area contributed by atoms with E-state index in [2.05, 4.69) is 13.8 Å². The summed E-state index contributed by atoms with van der Waals surface area (Å²) in [7, 11) is 5.61. The van der Waals surface area contributed by atoms with Crippen LogP contribution >= 0.6 is 0 Å². The van der Waals surface area contributed by atoms with Gasteiger partial charge in [-0.3, -0.25) is 9.79 Å². The molecule has 0 amide bonds. The monoisotopic (exact) mass is 336 g/mol. The maximum atomic E-state index is 12.7. The van der Waals surface area contributed by atoms with E-state index < -0.39 is 0 Å². The Morgan fingerprint density at radius 1 is 1.12 bits per heavy atom. The van der Waals surface area contributed by atoms with Crippen LogP contribution in [0.1, 0.15) is 41.8 Å². The molecule has 2 aromatic carbocycles. The number of aliphatic imine (C=N–C) groups is 1. The molecule has 4 heteroatoms. The van der Waals surface area contributed by atoms with Crippen LogP contribution in [0, 0.1) is 0 Å². The minimum atomic E-state index is -0.313. The van der Waals surface area contributed by atoms with Gasteiger partial charge < -0.3 is 9.64 Å². The van der Waals surface area contributed by atoms with Crippen molar-refractivity contribution in [3.8, 4) is 5.75 Å². The Kier molecular flexibility index (Phi) is 4.38. The first-order valence-corrected chi connectivity index (χ1v) is 8.40. The van der Waals surface area contributed by atoms with Crippen molar-refractivity contribution in [2.75, 3.05) is 26.1 Å². The average Bonchev–Trinajstić information content (AvgIpc) is 2.84. The van der Waals surface area contributed by atoms with E-state index in [0.29, 0.717) is 12.0 Å². The van der Waals surface area contributed by atoms with Crippen molar-refractivity contribution in [2.24, 2.45) is 4.99 Å². The van der Waals surface area contributed by atoms with E-state index in [1.807, 2.05) is 61.5 Å². The lowest BCUT2D eigenvalue weighted by Crippen LogP contribution is -2.10. The number of ether oxygens (including phenoxy) is 1. The standard InChI is InChI=1S/C21H24N2O2/c1-21(2)18-11-10-16(25-5)12-17(18)19(22-21)13-20(24)14-6-8-15(9-7-14)23(3)4/h6-12H,13H2,1-5H3. The zero-order valence-electron chi connectivity index (χ0n) is 15.5. The molecule has 2 aromatic rings. The number of hydrogen-bond donors (Lipinski definition) is 0. The topological polar surface area (TPSA) is 41.9 Å². The van der Waals surface area contributed by atoms with Gasteiger partial charge in [0.05, 0.1) is 24.8 Å². The number of Topliss-reactive ketones (excluding diaryl/α,β-unsaturated/α-hetero) is 1. The highest BCUT2D eigenvalue weighted by molar-refractivity contribution is 6.17. The van der Waals surface area contributed by atoms with Gasteiger partial charge in [0, 0.05) is 30.9 Å². The number of ketones is 1. The molecule has 0 N–H and O–H groups in total. The molecule has 130 valence electrons. The molecule has 1 aliphatic heterocycles. The molecule has 0 radical (unpaired) electrons. The second-order valence-electron chi connectivity index (χ2n) is 7.07. The van der Waals surface area contributed by atoms with Crippen molar-refractivity contribution in [3.05, 3.63) is 59.2 Å². The Morgan fingerprint density at radius 2 is 1.80 bits per heavy atom. The van der Waals surface area contributed by atoms with Gasteiger partial charge in [-0.2, -0.15) is 0 Å². The predicted octanol–water partition coefficient (Wildman–Crippen LogP) is 4.07. The number of nitrogens with zero attached hydrogens (tertiary/aromatic N) is 2. The molecule has 0 spiro atoms. The Hall–Kier alpha value is -2.62. The van der Waals surface area contributed by atoms with E-state index in [1.165, 1.54) is 0 Å². The molecule has 0 bridgehead atoms. The summed E-state index contributed by atoms with van der Waals surface area (Å²) in [5.41, 5.74) is 4.46. The van der Waals surface area contributed by atoms with E-state index >= 15 is 0 Å². The van der Waals surface area contributed by atoms with Gasteiger partial charge in [0.25, 0.3) is 0 Å². The summed E-state index contributed by atoms with van der Waals surface area (Å²) in [6, 6.07) is 13.7. The van der Waals surface area contributed by atoms with E-state index in [4.69, 9.17) is 9.73 Å². The van der Waals surface area contributed by atoms with Gasteiger partial charge in [-0.15, -0.1) is 0 Å². The van der Waals surface area contributed by atoms with Crippen LogP contribution in [0.2, 0.25) is 0 Å². The smallest absolute Gasteiger partial charge is 0.168 e. The van der Waals surface area contributed by atoms with Gasteiger partial charge in [0.1, 0.15) is 5.75 Å². The molecule has 0 atom stereocenters. The van der Waals surface area contributed by atoms with Crippen LogP contribution in [0.25, 0.3) is 0 Å². The number of benzene rings is 2. The maximum Gasteiger partial charge on any atom is 0.168 e. The van der Waals surface area contributed by atoms with Crippen molar-refractivity contribution < 1.29 is 9.53 Å². The first-order valence-electron chi connectivity index (χ1n) is 8.40. The Balaban J connectivity index is 1.87. The normalized spacial score (nSPS) is 14.7. The summed E-state index contributed by atoms with van der Waals surface area (Å²) >= 11 is 0. The van der Waals surface area contributed by atoms with Gasteiger partial charge in [0.15, 0.2) is 5.78 Å². The van der Waals surface area contributed by atoms with Gasteiger partial charge in [0.2, 0.25) is 0 Å². The second-order valence-corrected chi connectivity index (χ2v) is 7.07. The zero-order valence-corrected chi connectivity index (χ0v) is 15.5. The van der Waals surface area contributed by atoms with E-state index in [0.717, 1.165) is 28.3 Å². The number of anilines is 1. The highest BCUT2D eigenvalue weighted by atomic mass is 16.5. The van der Waals surface area contributed by atoms with Crippen LogP contribution < -0.4 is 9.64 Å². The Labute approximate surface area is 149 Å². The van der Waals surface area contributed by atoms with Crippen LogP contribution in [0.15, 0.2) is 47.5 Å². The lowest BCUT2D eigenvalue weighted by Gasteiger charge is -2.16. The lowest BCUT2D eigenvalue weighted by molar-refractivity contribution is 0.100. The number of carbonyl (C=O) groups is 1. The van der Waals surface area contributed by atoms with Crippen LogP contribution in [-0.2, 0) is 5.54 Å². The predicted molar refractivity (Wildman–Crippen MR) is 102 cm³/mol. The lowest BCUT2D eigenvalue weighted by atomic mass is 9.91. The molecule has 0 aliphatic carbocycles. The molecular formula is C21H24N2O2. The first kappa shape index (κ1) is 17.2. The fourth-order valence-corrected chi connectivity index (χ4v) is 3.21.